The summed E-state index contributed by atoms with van der Waals surface area (Å²) in [6, 6.07) is 15.7. The molecule has 20 heavy (non-hydrogen) atoms. The average Bonchev–Trinajstić information content (AvgIpc) is 3.03. The van der Waals surface area contributed by atoms with E-state index in [0.29, 0.717) is 0 Å². The highest BCUT2D eigenvalue weighted by Crippen LogP contribution is 2.49. The normalized spacial score (nSPS) is 19.1. The molecular formula is C19H17N. The molecular weight excluding hydrogens is 242 g/mol. The van der Waals surface area contributed by atoms with Crippen LogP contribution in [0.2, 0.25) is 0 Å². The van der Waals surface area contributed by atoms with Crippen molar-refractivity contribution in [2.45, 2.75) is 25.2 Å². The fourth-order valence-electron chi connectivity index (χ4n) is 4.43. The minimum Gasteiger partial charge on any atom is -0.347 e. The van der Waals surface area contributed by atoms with Crippen LogP contribution in [0.5, 0.6) is 0 Å². The summed E-state index contributed by atoms with van der Waals surface area (Å²) >= 11 is 0. The van der Waals surface area contributed by atoms with Gasteiger partial charge in [-0.1, -0.05) is 36.4 Å². The number of aromatic nitrogens is 1. The lowest BCUT2D eigenvalue weighted by atomic mass is 9.82. The van der Waals surface area contributed by atoms with E-state index in [-0.39, 0.29) is 0 Å². The van der Waals surface area contributed by atoms with Crippen molar-refractivity contribution in [2.24, 2.45) is 7.05 Å². The first-order valence-electron chi connectivity index (χ1n) is 7.53. The maximum Gasteiger partial charge on any atom is 0.0486 e. The molecule has 2 aliphatic carbocycles. The van der Waals surface area contributed by atoms with Crippen molar-refractivity contribution < 1.29 is 0 Å². The van der Waals surface area contributed by atoms with E-state index in [2.05, 4.69) is 54.1 Å². The molecule has 3 aromatic rings. The highest BCUT2D eigenvalue weighted by Gasteiger charge is 2.33. The van der Waals surface area contributed by atoms with Crippen molar-refractivity contribution in [1.29, 1.82) is 0 Å². The molecule has 1 heteroatoms. The van der Waals surface area contributed by atoms with E-state index >= 15 is 0 Å². The quantitative estimate of drug-likeness (QED) is 0.563. The van der Waals surface area contributed by atoms with Crippen LogP contribution in [0, 0.1) is 0 Å². The molecule has 0 fully saturated rings. The highest BCUT2D eigenvalue weighted by molar-refractivity contribution is 6.00. The fraction of sp³-hybridized carbons (Fsp3) is 0.263. The Morgan fingerprint density at radius 1 is 1.05 bits per heavy atom. The average molecular weight is 259 g/mol. The van der Waals surface area contributed by atoms with Crippen molar-refractivity contribution >= 4 is 10.9 Å². The lowest BCUT2D eigenvalue weighted by molar-refractivity contribution is 0.642. The van der Waals surface area contributed by atoms with Gasteiger partial charge in [0.15, 0.2) is 0 Å². The first kappa shape index (κ1) is 10.7. The maximum atomic E-state index is 2.42. The molecule has 1 heterocycles. The lowest BCUT2D eigenvalue weighted by Gasteiger charge is -2.23. The number of hydrogen-bond acceptors (Lipinski definition) is 0. The smallest absolute Gasteiger partial charge is 0.0486 e. The molecule has 2 aliphatic rings. The summed E-state index contributed by atoms with van der Waals surface area (Å²) in [5, 5.41) is 1.42. The van der Waals surface area contributed by atoms with Crippen LogP contribution in [-0.4, -0.2) is 4.57 Å². The Bertz CT molecular complexity index is 854. The Kier molecular flexibility index (Phi) is 1.90. The van der Waals surface area contributed by atoms with E-state index in [9.17, 15) is 0 Å². The zero-order chi connectivity index (χ0) is 13.3. The Balaban J connectivity index is 1.96. The van der Waals surface area contributed by atoms with Gasteiger partial charge in [0.1, 0.15) is 0 Å². The number of fused-ring (bicyclic) bond motifs is 4. The fourth-order valence-corrected chi connectivity index (χ4v) is 4.43. The molecule has 0 saturated carbocycles. The van der Waals surface area contributed by atoms with Crippen LogP contribution < -0.4 is 0 Å². The van der Waals surface area contributed by atoms with Crippen molar-refractivity contribution in [3.63, 3.8) is 0 Å². The minimum atomic E-state index is 0.747. The molecule has 0 radical (unpaired) electrons. The van der Waals surface area contributed by atoms with Gasteiger partial charge in [0.25, 0.3) is 0 Å². The van der Waals surface area contributed by atoms with Crippen LogP contribution in [0.3, 0.4) is 0 Å². The van der Waals surface area contributed by atoms with Crippen LogP contribution in [0.15, 0.2) is 42.5 Å². The number of rotatable bonds is 0. The third-order valence-corrected chi connectivity index (χ3v) is 5.30. The Labute approximate surface area is 118 Å². The molecule has 1 atom stereocenters. The van der Waals surface area contributed by atoms with Gasteiger partial charge in [-0.15, -0.1) is 0 Å². The van der Waals surface area contributed by atoms with E-state index < -0.39 is 0 Å². The minimum absolute atomic E-state index is 0.747. The van der Waals surface area contributed by atoms with Crippen LogP contribution in [-0.2, 0) is 19.9 Å². The van der Waals surface area contributed by atoms with Gasteiger partial charge in [-0.05, 0) is 47.9 Å². The largest absolute Gasteiger partial charge is 0.347 e. The lowest BCUT2D eigenvalue weighted by Crippen LogP contribution is -2.10. The summed E-state index contributed by atoms with van der Waals surface area (Å²) in [4.78, 5) is 0. The van der Waals surface area contributed by atoms with Gasteiger partial charge in [0.2, 0.25) is 0 Å². The monoisotopic (exact) mass is 259 g/mol. The van der Waals surface area contributed by atoms with Crippen molar-refractivity contribution in [2.75, 3.05) is 0 Å². The molecule has 0 bridgehead atoms. The molecule has 0 saturated heterocycles. The third-order valence-electron chi connectivity index (χ3n) is 5.30. The van der Waals surface area contributed by atoms with E-state index in [1.807, 2.05) is 0 Å². The van der Waals surface area contributed by atoms with Gasteiger partial charge in [0, 0.05) is 29.2 Å². The van der Waals surface area contributed by atoms with E-state index in [0.717, 1.165) is 5.92 Å². The maximum absolute atomic E-state index is 2.42. The van der Waals surface area contributed by atoms with Gasteiger partial charge in [-0.2, -0.15) is 0 Å². The number of nitrogens with zero attached hydrogens (tertiary/aromatic N) is 1. The molecule has 2 aromatic carbocycles. The van der Waals surface area contributed by atoms with Gasteiger partial charge in [-0.3, -0.25) is 0 Å². The van der Waals surface area contributed by atoms with Gasteiger partial charge in [0.05, 0.1) is 0 Å². The number of benzene rings is 2. The van der Waals surface area contributed by atoms with Crippen molar-refractivity contribution in [1.82, 2.24) is 4.57 Å². The topological polar surface area (TPSA) is 4.93 Å². The molecule has 0 spiro atoms. The van der Waals surface area contributed by atoms with Crippen molar-refractivity contribution in [3.05, 3.63) is 59.3 Å². The number of aryl methyl sites for hydroxylation is 2. The summed E-state index contributed by atoms with van der Waals surface area (Å²) in [6.07, 6.45) is 3.80. The SMILES string of the molecule is Cn1c2c(c3ccccc31)-c1cccc3c1C(CC3)C2. The Hall–Kier alpha value is -2.02. The molecule has 1 unspecified atom stereocenters. The predicted octanol–water partition coefficient (Wildman–Crippen LogP) is 4.43. The second-order valence-corrected chi connectivity index (χ2v) is 6.22. The molecule has 0 amide bonds. The zero-order valence-electron chi connectivity index (χ0n) is 11.7. The molecule has 0 N–H and O–H groups in total. The second kappa shape index (κ2) is 3.54. The van der Waals surface area contributed by atoms with Gasteiger partial charge in [-0.25, -0.2) is 0 Å². The highest BCUT2D eigenvalue weighted by atomic mass is 15.0. The number of para-hydroxylation sites is 1. The Morgan fingerprint density at radius 3 is 2.90 bits per heavy atom. The summed E-state index contributed by atoms with van der Waals surface area (Å²) in [6.45, 7) is 0. The first-order valence-corrected chi connectivity index (χ1v) is 7.53. The summed E-state index contributed by atoms with van der Waals surface area (Å²) < 4.78 is 2.42. The van der Waals surface area contributed by atoms with Gasteiger partial charge >= 0.3 is 0 Å². The zero-order valence-corrected chi connectivity index (χ0v) is 11.7. The van der Waals surface area contributed by atoms with Crippen LogP contribution >= 0.6 is 0 Å². The summed E-state index contributed by atoms with van der Waals surface area (Å²) in [5.74, 6) is 0.747. The molecule has 98 valence electrons. The molecule has 5 rings (SSSR count). The van der Waals surface area contributed by atoms with Crippen LogP contribution in [0.4, 0.5) is 0 Å². The molecule has 1 nitrogen and oxygen atoms in total. The summed E-state index contributed by atoms with van der Waals surface area (Å²) in [7, 11) is 2.23. The second-order valence-electron chi connectivity index (χ2n) is 6.22. The first-order chi connectivity index (χ1) is 9.84. The molecule has 1 aromatic heterocycles. The van der Waals surface area contributed by atoms with E-state index in [4.69, 9.17) is 0 Å². The van der Waals surface area contributed by atoms with Crippen LogP contribution in [0.1, 0.15) is 29.2 Å². The summed E-state index contributed by atoms with van der Waals surface area (Å²) in [5.41, 5.74) is 9.14. The van der Waals surface area contributed by atoms with Gasteiger partial charge < -0.3 is 4.57 Å². The van der Waals surface area contributed by atoms with Crippen molar-refractivity contribution in [3.8, 4) is 11.1 Å². The van der Waals surface area contributed by atoms with E-state index in [1.54, 1.807) is 11.1 Å². The van der Waals surface area contributed by atoms with Crippen LogP contribution in [0.25, 0.3) is 22.0 Å². The van der Waals surface area contributed by atoms with E-state index in [1.165, 1.54) is 47.0 Å². The third kappa shape index (κ3) is 1.14. The number of hydrogen-bond donors (Lipinski definition) is 0. The Morgan fingerprint density at radius 2 is 1.95 bits per heavy atom. The molecule has 0 aliphatic heterocycles. The predicted molar refractivity (Wildman–Crippen MR) is 83.1 cm³/mol. The standard InChI is InChI=1S/C19H17N/c1-20-16-8-3-2-6-14(16)19-15-7-4-5-12-9-10-13(18(12)15)11-17(19)20/h2-8,13H,9-11H2,1H3.